The zero-order valence-electron chi connectivity index (χ0n) is 16.2. The van der Waals surface area contributed by atoms with E-state index in [1.165, 1.54) is 16.3 Å². The average Bonchev–Trinajstić information content (AvgIpc) is 2.98. The number of anilines is 1. The molecule has 0 saturated heterocycles. The highest BCUT2D eigenvalue weighted by Gasteiger charge is 2.16. The van der Waals surface area contributed by atoms with Gasteiger partial charge in [0.15, 0.2) is 0 Å². The van der Waals surface area contributed by atoms with E-state index in [0.717, 1.165) is 32.6 Å². The van der Waals surface area contributed by atoms with E-state index in [2.05, 4.69) is 75.2 Å². The number of fused-ring (bicyclic) bond motifs is 3. The molecule has 0 aliphatic rings. The lowest BCUT2D eigenvalue weighted by atomic mass is 10.1. The molecule has 0 aliphatic heterocycles. The lowest BCUT2D eigenvalue weighted by Crippen LogP contribution is -2.16. The number of halogens is 1. The first-order valence-electron chi connectivity index (χ1n) is 9.28. The van der Waals surface area contributed by atoms with Gasteiger partial charge in [-0.15, -0.1) is 0 Å². The molecule has 0 radical (unpaired) electrons. The largest absolute Gasteiger partial charge is 0.497 e. The molecule has 0 amide bonds. The molecule has 0 saturated carbocycles. The fourth-order valence-electron chi connectivity index (χ4n) is 3.61. The number of hydrogen-bond donors (Lipinski definition) is 2. The molecule has 0 fully saturated rings. The van der Waals surface area contributed by atoms with E-state index in [9.17, 15) is 5.11 Å². The van der Waals surface area contributed by atoms with Crippen LogP contribution in [0.25, 0.3) is 27.5 Å². The number of methoxy groups -OCH3 is 1. The molecule has 4 rings (SSSR count). The summed E-state index contributed by atoms with van der Waals surface area (Å²) < 4.78 is 8.74. The predicted molar refractivity (Wildman–Crippen MR) is 120 cm³/mol. The Labute approximate surface area is 172 Å². The summed E-state index contributed by atoms with van der Waals surface area (Å²) in [7, 11) is 1.66. The number of aliphatic hydroxyl groups is 1. The Morgan fingerprint density at radius 1 is 1.04 bits per heavy atom. The van der Waals surface area contributed by atoms with E-state index in [-0.39, 0.29) is 0 Å². The monoisotopic (exact) mass is 438 g/mol. The van der Waals surface area contributed by atoms with Gasteiger partial charge in [0.1, 0.15) is 5.75 Å². The maximum absolute atomic E-state index is 9.76. The van der Waals surface area contributed by atoms with Crippen molar-refractivity contribution in [1.82, 2.24) is 4.57 Å². The zero-order valence-corrected chi connectivity index (χ0v) is 17.7. The summed E-state index contributed by atoms with van der Waals surface area (Å²) in [5, 5.41) is 15.5. The lowest BCUT2D eigenvalue weighted by Gasteiger charge is -2.17. The number of benzene rings is 3. The van der Waals surface area contributed by atoms with Crippen molar-refractivity contribution >= 4 is 43.4 Å². The maximum Gasteiger partial charge on any atom is 0.121 e. The summed E-state index contributed by atoms with van der Waals surface area (Å²) in [6.07, 6.45) is -0.448. The van der Waals surface area contributed by atoms with Crippen LogP contribution in [0.2, 0.25) is 0 Å². The van der Waals surface area contributed by atoms with Gasteiger partial charge in [-0.1, -0.05) is 27.6 Å². The first kappa shape index (κ1) is 18.8. The number of rotatable bonds is 5. The van der Waals surface area contributed by atoms with Crippen LogP contribution < -0.4 is 10.1 Å². The van der Waals surface area contributed by atoms with Crippen molar-refractivity contribution in [2.24, 2.45) is 0 Å². The topological polar surface area (TPSA) is 46.4 Å². The van der Waals surface area contributed by atoms with Crippen LogP contribution in [0, 0.1) is 6.92 Å². The molecular formula is C23H23BrN2O2. The molecule has 4 nitrogen and oxygen atoms in total. The molecule has 28 heavy (non-hydrogen) atoms. The van der Waals surface area contributed by atoms with Gasteiger partial charge in [0, 0.05) is 27.9 Å². The van der Waals surface area contributed by atoms with E-state index >= 15 is 0 Å². The van der Waals surface area contributed by atoms with E-state index in [4.69, 9.17) is 4.74 Å². The molecule has 0 aliphatic carbocycles. The van der Waals surface area contributed by atoms with Gasteiger partial charge in [-0.2, -0.15) is 0 Å². The van der Waals surface area contributed by atoms with E-state index < -0.39 is 6.10 Å². The van der Waals surface area contributed by atoms with Gasteiger partial charge in [0.2, 0.25) is 0 Å². The Hall–Kier alpha value is -2.50. The summed E-state index contributed by atoms with van der Waals surface area (Å²) in [6, 6.07) is 18.9. The second-order valence-corrected chi connectivity index (χ2v) is 8.05. The summed E-state index contributed by atoms with van der Waals surface area (Å²) in [5.41, 5.74) is 5.45. The summed E-state index contributed by atoms with van der Waals surface area (Å²) in [4.78, 5) is 0. The molecule has 1 unspecified atom stereocenters. The van der Waals surface area contributed by atoms with Gasteiger partial charge in [-0.3, -0.25) is 0 Å². The van der Waals surface area contributed by atoms with E-state index in [1.807, 2.05) is 12.1 Å². The van der Waals surface area contributed by atoms with Crippen LogP contribution in [0.15, 0.2) is 59.1 Å². The minimum absolute atomic E-state index is 0.448. The van der Waals surface area contributed by atoms with Crippen LogP contribution in [-0.2, 0) is 0 Å². The molecule has 1 atom stereocenters. The third kappa shape index (κ3) is 3.36. The van der Waals surface area contributed by atoms with Gasteiger partial charge in [-0.05, 0) is 56.3 Å². The quantitative estimate of drug-likeness (QED) is 0.422. The van der Waals surface area contributed by atoms with Crippen LogP contribution >= 0.6 is 15.9 Å². The van der Waals surface area contributed by atoms with Gasteiger partial charge >= 0.3 is 0 Å². The fourth-order valence-corrected chi connectivity index (χ4v) is 3.97. The Bertz CT molecular complexity index is 1110. The van der Waals surface area contributed by atoms with Gasteiger partial charge in [0.05, 0.1) is 35.6 Å². The molecule has 5 heteroatoms. The summed E-state index contributed by atoms with van der Waals surface area (Å²) in [5.74, 6) is 0.774. The molecule has 2 N–H and O–H groups in total. The molecule has 144 valence electrons. The maximum atomic E-state index is 9.76. The van der Waals surface area contributed by atoms with Crippen LogP contribution in [0.1, 0.15) is 12.5 Å². The number of hydrogen-bond acceptors (Lipinski definition) is 3. The number of nitrogens with one attached hydrogen (secondary N) is 1. The van der Waals surface area contributed by atoms with Gasteiger partial charge in [0.25, 0.3) is 0 Å². The first-order chi connectivity index (χ1) is 13.5. The summed E-state index contributed by atoms with van der Waals surface area (Å²) in [6.45, 7) is 4.35. The number of aromatic nitrogens is 1. The predicted octanol–water partition coefficient (Wildman–Crippen LogP) is 5.66. The smallest absolute Gasteiger partial charge is 0.121 e. The number of aliphatic hydroxyl groups excluding tert-OH is 1. The van der Waals surface area contributed by atoms with Crippen LogP contribution in [0.5, 0.6) is 5.75 Å². The van der Waals surface area contributed by atoms with Crippen molar-refractivity contribution in [3.05, 3.63) is 64.6 Å². The molecule has 1 aromatic heterocycles. The Kier molecular flexibility index (Phi) is 5.04. The Balaban J connectivity index is 2.03. The van der Waals surface area contributed by atoms with Crippen LogP contribution in [0.3, 0.4) is 0 Å². The number of aryl methyl sites for hydroxylation is 1. The minimum Gasteiger partial charge on any atom is -0.497 e. The van der Waals surface area contributed by atoms with Gasteiger partial charge in [-0.25, -0.2) is 0 Å². The molecule has 0 bridgehead atoms. The first-order valence-corrected chi connectivity index (χ1v) is 10.1. The fraction of sp³-hybridized carbons (Fsp3) is 0.217. The third-order valence-electron chi connectivity index (χ3n) is 4.92. The van der Waals surface area contributed by atoms with Crippen molar-refractivity contribution in [3.63, 3.8) is 0 Å². The zero-order chi connectivity index (χ0) is 19.8. The summed E-state index contributed by atoms with van der Waals surface area (Å²) >= 11 is 3.61. The van der Waals surface area contributed by atoms with Crippen molar-refractivity contribution in [1.29, 1.82) is 0 Å². The molecule has 3 aromatic carbocycles. The van der Waals surface area contributed by atoms with Crippen LogP contribution in [0.4, 0.5) is 5.69 Å². The van der Waals surface area contributed by atoms with Gasteiger partial charge < -0.3 is 19.7 Å². The lowest BCUT2D eigenvalue weighted by molar-refractivity contribution is 0.208. The highest BCUT2D eigenvalue weighted by atomic mass is 79.9. The second-order valence-electron chi connectivity index (χ2n) is 7.13. The third-order valence-corrected chi connectivity index (χ3v) is 5.41. The standard InChI is InChI=1S/C23H23BrN2O2/c1-14-4-7-21-18(10-14)19-11-16(24)5-8-22(19)26(21)23-9-6-17(28-3)12-20(23)25-13-15(2)27/h4-12,15,25,27H,13H2,1-3H3. The highest BCUT2D eigenvalue weighted by Crippen LogP contribution is 2.37. The Morgan fingerprint density at radius 2 is 1.75 bits per heavy atom. The van der Waals surface area contributed by atoms with Crippen molar-refractivity contribution < 1.29 is 9.84 Å². The number of ether oxygens (including phenoxy) is 1. The second kappa shape index (κ2) is 7.49. The normalized spacial score (nSPS) is 12.5. The minimum atomic E-state index is -0.448. The van der Waals surface area contributed by atoms with E-state index in [1.54, 1.807) is 14.0 Å². The highest BCUT2D eigenvalue weighted by molar-refractivity contribution is 9.10. The average molecular weight is 439 g/mol. The number of nitrogens with zero attached hydrogens (tertiary/aromatic N) is 1. The molecular weight excluding hydrogens is 416 g/mol. The van der Waals surface area contributed by atoms with Crippen molar-refractivity contribution in [2.75, 3.05) is 19.0 Å². The van der Waals surface area contributed by atoms with E-state index in [0.29, 0.717) is 6.54 Å². The SMILES string of the molecule is COc1ccc(-n2c3ccc(C)cc3c3cc(Br)ccc32)c(NCC(C)O)c1. The van der Waals surface area contributed by atoms with Crippen molar-refractivity contribution in [3.8, 4) is 11.4 Å². The van der Waals surface area contributed by atoms with Crippen LogP contribution in [-0.4, -0.2) is 29.4 Å². The molecule has 4 aromatic rings. The van der Waals surface area contributed by atoms with Crippen molar-refractivity contribution in [2.45, 2.75) is 20.0 Å². The Morgan fingerprint density at radius 3 is 2.46 bits per heavy atom. The molecule has 0 spiro atoms. The molecule has 1 heterocycles.